The summed E-state index contributed by atoms with van der Waals surface area (Å²) >= 11 is 18.1. The molecule has 0 aliphatic carbocycles. The molecule has 2 aromatic rings. The number of nitrogens with one attached hydrogen (secondary N) is 1. The van der Waals surface area contributed by atoms with Crippen LogP contribution >= 0.6 is 34.8 Å². The van der Waals surface area contributed by atoms with Crippen molar-refractivity contribution in [3.8, 4) is 0 Å². The number of nitrogens with zero attached hydrogens (tertiary/aromatic N) is 1. The van der Waals surface area contributed by atoms with Crippen LogP contribution in [-0.4, -0.2) is 27.1 Å². The summed E-state index contributed by atoms with van der Waals surface area (Å²) in [5.41, 5.74) is 1.79. The predicted octanol–water partition coefficient (Wildman–Crippen LogP) is 5.14. The first-order chi connectivity index (χ1) is 12.6. The van der Waals surface area contributed by atoms with Gasteiger partial charge in [-0.15, -0.1) is 0 Å². The fourth-order valence-corrected chi connectivity index (χ4v) is 4.00. The van der Waals surface area contributed by atoms with Crippen molar-refractivity contribution < 1.29 is 13.2 Å². The number of halogens is 3. The fourth-order valence-electron chi connectivity index (χ4n) is 2.42. The number of rotatable bonds is 7. The number of anilines is 2. The van der Waals surface area contributed by atoms with Gasteiger partial charge in [0.1, 0.15) is 0 Å². The summed E-state index contributed by atoms with van der Waals surface area (Å²) in [6.07, 6.45) is 1.52. The summed E-state index contributed by atoms with van der Waals surface area (Å²) in [5.74, 6) is -0.236. The Morgan fingerprint density at radius 3 is 2.41 bits per heavy atom. The Balaban J connectivity index is 2.02. The highest BCUT2D eigenvalue weighted by Crippen LogP contribution is 2.31. The minimum absolute atomic E-state index is 0.0982. The van der Waals surface area contributed by atoms with Crippen molar-refractivity contribution >= 4 is 62.1 Å². The second-order valence-corrected chi connectivity index (χ2v) is 9.20. The van der Waals surface area contributed by atoms with Gasteiger partial charge in [0.15, 0.2) is 0 Å². The Morgan fingerprint density at radius 1 is 1.07 bits per heavy atom. The Morgan fingerprint density at radius 2 is 1.78 bits per heavy atom. The van der Waals surface area contributed by atoms with Gasteiger partial charge in [-0.25, -0.2) is 8.42 Å². The molecule has 0 atom stereocenters. The SMILES string of the molecule is Cc1ccc(NC(=O)CCCN(c2cc(Cl)ccc2Cl)S(C)(=O)=O)cc1Cl. The van der Waals surface area contributed by atoms with Crippen LogP contribution in [0.5, 0.6) is 0 Å². The number of hydrogen-bond acceptors (Lipinski definition) is 3. The van der Waals surface area contributed by atoms with Gasteiger partial charge in [-0.1, -0.05) is 40.9 Å². The number of carbonyl (C=O) groups excluding carboxylic acids is 1. The minimum atomic E-state index is -3.58. The fraction of sp³-hybridized carbons (Fsp3) is 0.278. The number of amides is 1. The van der Waals surface area contributed by atoms with Crippen molar-refractivity contribution in [1.29, 1.82) is 0 Å². The van der Waals surface area contributed by atoms with Crippen LogP contribution in [0, 0.1) is 6.92 Å². The van der Waals surface area contributed by atoms with Crippen molar-refractivity contribution in [2.45, 2.75) is 19.8 Å². The molecule has 0 spiro atoms. The molecule has 1 amide bonds. The van der Waals surface area contributed by atoms with E-state index >= 15 is 0 Å². The van der Waals surface area contributed by atoms with E-state index in [1.54, 1.807) is 18.2 Å². The first kappa shape index (κ1) is 21.8. The van der Waals surface area contributed by atoms with E-state index in [-0.39, 0.29) is 29.6 Å². The second kappa shape index (κ2) is 9.15. The molecule has 0 saturated carbocycles. The maximum atomic E-state index is 12.1. The van der Waals surface area contributed by atoms with E-state index in [4.69, 9.17) is 34.8 Å². The summed E-state index contributed by atoms with van der Waals surface area (Å²) < 4.78 is 25.4. The van der Waals surface area contributed by atoms with Crippen LogP contribution in [0.25, 0.3) is 0 Å². The van der Waals surface area contributed by atoms with Crippen LogP contribution in [0.3, 0.4) is 0 Å². The highest BCUT2D eigenvalue weighted by atomic mass is 35.5. The molecule has 0 heterocycles. The van der Waals surface area contributed by atoms with Crippen LogP contribution < -0.4 is 9.62 Å². The van der Waals surface area contributed by atoms with E-state index in [2.05, 4.69) is 5.32 Å². The Kier molecular flexibility index (Phi) is 7.40. The van der Waals surface area contributed by atoms with E-state index in [0.29, 0.717) is 22.2 Å². The maximum Gasteiger partial charge on any atom is 0.232 e. The van der Waals surface area contributed by atoms with Gasteiger partial charge in [0, 0.05) is 28.7 Å². The van der Waals surface area contributed by atoms with Crippen molar-refractivity contribution in [2.24, 2.45) is 0 Å². The molecule has 0 radical (unpaired) electrons. The lowest BCUT2D eigenvalue weighted by Gasteiger charge is -2.23. The van der Waals surface area contributed by atoms with Crippen molar-refractivity contribution in [1.82, 2.24) is 0 Å². The molecular formula is C18H19Cl3N2O3S. The first-order valence-corrected chi connectivity index (χ1v) is 11.0. The average Bonchev–Trinajstić information content (AvgIpc) is 2.56. The van der Waals surface area contributed by atoms with Gasteiger partial charge in [-0.05, 0) is 49.2 Å². The van der Waals surface area contributed by atoms with Crippen LogP contribution in [-0.2, 0) is 14.8 Å². The van der Waals surface area contributed by atoms with E-state index < -0.39 is 10.0 Å². The zero-order chi connectivity index (χ0) is 20.2. The predicted molar refractivity (Wildman–Crippen MR) is 113 cm³/mol. The molecule has 0 aliphatic rings. The zero-order valence-electron chi connectivity index (χ0n) is 14.8. The Bertz CT molecular complexity index is 949. The summed E-state index contributed by atoms with van der Waals surface area (Å²) in [7, 11) is -3.58. The normalized spacial score (nSPS) is 11.3. The number of benzene rings is 2. The van der Waals surface area contributed by atoms with Crippen LogP contribution in [0.2, 0.25) is 15.1 Å². The van der Waals surface area contributed by atoms with Gasteiger partial charge >= 0.3 is 0 Å². The summed E-state index contributed by atoms with van der Waals surface area (Å²) in [6, 6.07) is 9.83. The van der Waals surface area contributed by atoms with Crippen LogP contribution in [0.15, 0.2) is 36.4 Å². The molecule has 9 heteroatoms. The third-order valence-electron chi connectivity index (χ3n) is 3.80. The maximum absolute atomic E-state index is 12.1. The monoisotopic (exact) mass is 448 g/mol. The molecular weight excluding hydrogens is 431 g/mol. The third kappa shape index (κ3) is 6.28. The zero-order valence-corrected chi connectivity index (χ0v) is 17.9. The number of carbonyl (C=O) groups is 1. The highest BCUT2D eigenvalue weighted by Gasteiger charge is 2.20. The number of sulfonamides is 1. The van der Waals surface area contributed by atoms with Crippen molar-refractivity contribution in [2.75, 3.05) is 22.4 Å². The van der Waals surface area contributed by atoms with E-state index in [9.17, 15) is 13.2 Å². The second-order valence-electron chi connectivity index (χ2n) is 6.05. The van der Waals surface area contributed by atoms with Crippen LogP contribution in [0.4, 0.5) is 11.4 Å². The van der Waals surface area contributed by atoms with Gasteiger partial charge in [-0.2, -0.15) is 0 Å². The van der Waals surface area contributed by atoms with E-state index in [1.807, 2.05) is 13.0 Å². The van der Waals surface area contributed by atoms with Gasteiger partial charge in [0.05, 0.1) is 17.0 Å². The molecule has 1 N–H and O–H groups in total. The van der Waals surface area contributed by atoms with Crippen molar-refractivity contribution in [3.63, 3.8) is 0 Å². The van der Waals surface area contributed by atoms with Gasteiger partial charge in [-0.3, -0.25) is 9.10 Å². The molecule has 2 rings (SSSR count). The molecule has 5 nitrogen and oxygen atoms in total. The van der Waals surface area contributed by atoms with E-state index in [1.165, 1.54) is 12.1 Å². The summed E-state index contributed by atoms with van der Waals surface area (Å²) in [5, 5.41) is 3.95. The van der Waals surface area contributed by atoms with Crippen LogP contribution in [0.1, 0.15) is 18.4 Å². The lowest BCUT2D eigenvalue weighted by Crippen LogP contribution is -2.31. The van der Waals surface area contributed by atoms with Crippen molar-refractivity contribution in [3.05, 3.63) is 57.0 Å². The first-order valence-electron chi connectivity index (χ1n) is 8.06. The largest absolute Gasteiger partial charge is 0.326 e. The summed E-state index contributed by atoms with van der Waals surface area (Å²) in [6.45, 7) is 1.97. The molecule has 0 saturated heterocycles. The standard InChI is InChI=1S/C18H19Cl3N2O3S/c1-12-5-7-14(11-16(12)21)22-18(24)4-3-9-23(27(2,25)26)17-10-13(19)6-8-15(17)20/h5-8,10-11H,3-4,9H2,1-2H3,(H,22,24). The molecule has 0 aliphatic heterocycles. The molecule has 2 aromatic carbocycles. The smallest absolute Gasteiger partial charge is 0.232 e. The number of aryl methyl sites for hydroxylation is 1. The molecule has 0 unspecified atom stereocenters. The minimum Gasteiger partial charge on any atom is -0.326 e. The lowest BCUT2D eigenvalue weighted by molar-refractivity contribution is -0.116. The molecule has 0 fully saturated rings. The topological polar surface area (TPSA) is 66.5 Å². The Labute approximate surface area is 174 Å². The molecule has 0 bridgehead atoms. The third-order valence-corrected chi connectivity index (χ3v) is 5.94. The van der Waals surface area contributed by atoms with Gasteiger partial charge in [0.25, 0.3) is 0 Å². The number of hydrogen-bond donors (Lipinski definition) is 1. The van der Waals surface area contributed by atoms with E-state index in [0.717, 1.165) is 16.1 Å². The quantitative estimate of drug-likeness (QED) is 0.636. The highest BCUT2D eigenvalue weighted by molar-refractivity contribution is 7.92. The van der Waals surface area contributed by atoms with Gasteiger partial charge < -0.3 is 5.32 Å². The van der Waals surface area contributed by atoms with Gasteiger partial charge in [0.2, 0.25) is 15.9 Å². The average molecular weight is 450 g/mol. The molecule has 0 aromatic heterocycles. The molecule has 27 heavy (non-hydrogen) atoms. The molecule has 146 valence electrons. The Hall–Kier alpha value is -1.47. The lowest BCUT2D eigenvalue weighted by atomic mass is 10.2. The summed E-state index contributed by atoms with van der Waals surface area (Å²) in [4.78, 5) is 12.1.